The summed E-state index contributed by atoms with van der Waals surface area (Å²) in [4.78, 5) is 21.0. The van der Waals surface area contributed by atoms with Crippen molar-refractivity contribution in [1.82, 2.24) is 10.6 Å². The molecule has 1 aliphatic rings. The molecule has 0 bridgehead atoms. The maximum atomic E-state index is 10.7. The van der Waals surface area contributed by atoms with Gasteiger partial charge in [-0.15, -0.1) is 0 Å². The summed E-state index contributed by atoms with van der Waals surface area (Å²) in [6.07, 6.45) is -0.947. The van der Waals surface area contributed by atoms with Gasteiger partial charge in [0.2, 0.25) is 5.91 Å². The first-order valence-electron chi connectivity index (χ1n) is 3.61. The lowest BCUT2D eigenvalue weighted by molar-refractivity contribution is -0.122. The molecule has 12 heavy (non-hydrogen) atoms. The average Bonchev–Trinajstić information content (AvgIpc) is 1.94. The first-order chi connectivity index (χ1) is 5.59. The Morgan fingerprint density at radius 2 is 2.42 bits per heavy atom. The van der Waals surface area contributed by atoms with Crippen LogP contribution in [-0.2, 0) is 4.79 Å². The number of amides is 2. The summed E-state index contributed by atoms with van der Waals surface area (Å²) < 4.78 is 0. The molecule has 0 aromatic carbocycles. The number of rotatable bonds is 1. The van der Waals surface area contributed by atoms with E-state index in [-0.39, 0.29) is 24.9 Å². The van der Waals surface area contributed by atoms with E-state index in [1.165, 1.54) is 0 Å². The highest BCUT2D eigenvalue weighted by Crippen LogP contribution is 2.01. The van der Waals surface area contributed by atoms with Crippen LogP contribution in [0.15, 0.2) is 0 Å². The van der Waals surface area contributed by atoms with Crippen molar-refractivity contribution in [1.29, 1.82) is 0 Å². The lowest BCUT2D eigenvalue weighted by Gasteiger charge is -2.28. The molecule has 0 radical (unpaired) electrons. The second-order valence-corrected chi connectivity index (χ2v) is 2.73. The van der Waals surface area contributed by atoms with E-state index in [9.17, 15) is 9.59 Å². The molecule has 68 valence electrons. The van der Waals surface area contributed by atoms with Crippen LogP contribution in [0.4, 0.5) is 4.79 Å². The van der Waals surface area contributed by atoms with Crippen LogP contribution in [0, 0.1) is 0 Å². The molecule has 1 heterocycles. The molecule has 0 aromatic heterocycles. The van der Waals surface area contributed by atoms with Gasteiger partial charge in [0.25, 0.3) is 0 Å². The van der Waals surface area contributed by atoms with E-state index in [2.05, 4.69) is 10.6 Å². The van der Waals surface area contributed by atoms with Crippen molar-refractivity contribution in [3.63, 3.8) is 0 Å². The fourth-order valence-electron chi connectivity index (χ4n) is 1.12. The molecule has 0 aromatic rings. The van der Waals surface area contributed by atoms with Gasteiger partial charge in [-0.25, -0.2) is 4.79 Å². The molecule has 2 amide bonds. The van der Waals surface area contributed by atoms with Gasteiger partial charge < -0.3 is 21.5 Å². The number of nitrogens with two attached hydrogens (primary N) is 1. The van der Waals surface area contributed by atoms with Crippen LogP contribution in [0.5, 0.6) is 0 Å². The van der Waals surface area contributed by atoms with Crippen molar-refractivity contribution in [2.24, 2.45) is 5.73 Å². The summed E-state index contributed by atoms with van der Waals surface area (Å²) in [6, 6.07) is -0.796. The van der Waals surface area contributed by atoms with Crippen LogP contribution in [0.3, 0.4) is 0 Å². The Balaban J connectivity index is 2.45. The minimum atomic E-state index is -1.12. The Kier molecular flexibility index (Phi) is 2.49. The van der Waals surface area contributed by atoms with E-state index < -0.39 is 12.1 Å². The minimum absolute atomic E-state index is 0.133. The molecular weight excluding hydrogens is 162 g/mol. The van der Waals surface area contributed by atoms with Gasteiger partial charge in [-0.3, -0.25) is 4.79 Å². The van der Waals surface area contributed by atoms with Crippen LogP contribution >= 0.6 is 0 Å². The number of carbonyl (C=O) groups is 2. The molecule has 1 aliphatic heterocycles. The number of nitrogens with one attached hydrogen (secondary N) is 2. The molecule has 1 rings (SSSR count). The minimum Gasteiger partial charge on any atom is -0.465 e. The van der Waals surface area contributed by atoms with Gasteiger partial charge in [-0.1, -0.05) is 0 Å². The van der Waals surface area contributed by atoms with Gasteiger partial charge >= 0.3 is 6.09 Å². The van der Waals surface area contributed by atoms with Crippen molar-refractivity contribution in [2.45, 2.75) is 18.5 Å². The molecule has 1 fully saturated rings. The Labute approximate surface area is 69.1 Å². The second kappa shape index (κ2) is 3.40. The first-order valence-corrected chi connectivity index (χ1v) is 3.61. The zero-order valence-electron chi connectivity index (χ0n) is 6.41. The smallest absolute Gasteiger partial charge is 0.404 e. The Morgan fingerprint density at radius 1 is 1.75 bits per heavy atom. The number of hydrogen-bond acceptors (Lipinski definition) is 3. The van der Waals surface area contributed by atoms with Crippen LogP contribution in [-0.4, -0.2) is 35.7 Å². The predicted molar refractivity (Wildman–Crippen MR) is 40.6 cm³/mol. The fraction of sp³-hybridized carbons (Fsp3) is 0.667. The lowest BCUT2D eigenvalue weighted by atomic mass is 10.0. The molecule has 0 unspecified atom stereocenters. The first kappa shape index (κ1) is 8.79. The summed E-state index contributed by atoms with van der Waals surface area (Å²) in [5.41, 5.74) is 5.53. The highest BCUT2D eigenvalue weighted by atomic mass is 16.4. The zero-order chi connectivity index (χ0) is 9.14. The van der Waals surface area contributed by atoms with Crippen molar-refractivity contribution >= 4 is 12.0 Å². The molecular formula is C6H11N3O3. The molecule has 6 nitrogen and oxygen atoms in total. The Bertz CT molecular complexity index is 206. The Hall–Kier alpha value is -1.30. The van der Waals surface area contributed by atoms with Crippen LogP contribution < -0.4 is 16.4 Å². The van der Waals surface area contributed by atoms with Crippen molar-refractivity contribution in [2.75, 3.05) is 6.54 Å². The van der Waals surface area contributed by atoms with Gasteiger partial charge in [0.15, 0.2) is 0 Å². The van der Waals surface area contributed by atoms with Crippen LogP contribution in [0.2, 0.25) is 0 Å². The Morgan fingerprint density at radius 3 is 2.92 bits per heavy atom. The molecule has 0 saturated carbocycles. The summed E-state index contributed by atoms with van der Waals surface area (Å²) in [5, 5.41) is 13.1. The third-order valence-corrected chi connectivity index (χ3v) is 1.77. The van der Waals surface area contributed by atoms with E-state index >= 15 is 0 Å². The number of carbonyl (C=O) groups excluding carboxylic acids is 1. The summed E-state index contributed by atoms with van der Waals surface area (Å²) in [7, 11) is 0. The van der Waals surface area contributed by atoms with E-state index in [0.717, 1.165) is 0 Å². The summed E-state index contributed by atoms with van der Waals surface area (Å²) in [5.74, 6) is -0.133. The maximum absolute atomic E-state index is 10.7. The standard InChI is InChI=1S/C6H11N3O3/c7-3-1-5(10)8-2-4(3)9-6(11)12/h3-4,9H,1-2,7H2,(H,8,10)(H,11,12)/t3-,4-/m1/s1. The monoisotopic (exact) mass is 173 g/mol. The van der Waals surface area contributed by atoms with Crippen LogP contribution in [0.25, 0.3) is 0 Å². The average molecular weight is 173 g/mol. The van der Waals surface area contributed by atoms with Gasteiger partial charge in [-0.05, 0) is 0 Å². The van der Waals surface area contributed by atoms with Gasteiger partial charge in [0.1, 0.15) is 0 Å². The fourth-order valence-corrected chi connectivity index (χ4v) is 1.12. The third kappa shape index (κ3) is 2.09. The molecule has 6 heteroatoms. The second-order valence-electron chi connectivity index (χ2n) is 2.73. The number of carboxylic acid groups (broad SMARTS) is 1. The van der Waals surface area contributed by atoms with Crippen molar-refractivity contribution < 1.29 is 14.7 Å². The topological polar surface area (TPSA) is 104 Å². The zero-order valence-corrected chi connectivity index (χ0v) is 6.41. The van der Waals surface area contributed by atoms with E-state index in [1.807, 2.05) is 0 Å². The third-order valence-electron chi connectivity index (χ3n) is 1.77. The van der Waals surface area contributed by atoms with Crippen molar-refractivity contribution in [3.05, 3.63) is 0 Å². The quantitative estimate of drug-likeness (QED) is 0.386. The van der Waals surface area contributed by atoms with E-state index in [1.54, 1.807) is 0 Å². The SMILES string of the molecule is N[C@@H]1CC(=O)NC[C@H]1NC(=O)O. The molecule has 0 spiro atoms. The molecule has 0 aliphatic carbocycles. The largest absolute Gasteiger partial charge is 0.465 e. The van der Waals surface area contributed by atoms with E-state index in [4.69, 9.17) is 10.8 Å². The normalized spacial score (nSPS) is 29.2. The lowest BCUT2D eigenvalue weighted by Crippen LogP contribution is -2.58. The highest BCUT2D eigenvalue weighted by Gasteiger charge is 2.26. The van der Waals surface area contributed by atoms with Crippen LogP contribution in [0.1, 0.15) is 6.42 Å². The summed E-state index contributed by atoms with van der Waals surface area (Å²) >= 11 is 0. The molecule has 1 saturated heterocycles. The molecule has 5 N–H and O–H groups in total. The highest BCUT2D eigenvalue weighted by molar-refractivity contribution is 5.78. The maximum Gasteiger partial charge on any atom is 0.404 e. The molecule has 2 atom stereocenters. The van der Waals surface area contributed by atoms with Gasteiger partial charge in [-0.2, -0.15) is 0 Å². The van der Waals surface area contributed by atoms with Crippen molar-refractivity contribution in [3.8, 4) is 0 Å². The predicted octanol–water partition coefficient (Wildman–Crippen LogP) is -1.53. The summed E-state index contributed by atoms with van der Waals surface area (Å²) in [6.45, 7) is 0.270. The number of piperidine rings is 1. The van der Waals surface area contributed by atoms with E-state index in [0.29, 0.717) is 0 Å². The van der Waals surface area contributed by atoms with Gasteiger partial charge in [0, 0.05) is 19.0 Å². The van der Waals surface area contributed by atoms with Gasteiger partial charge in [0.05, 0.1) is 6.04 Å². The number of hydrogen-bond donors (Lipinski definition) is 4.